The normalized spacial score (nSPS) is 34.8. The van der Waals surface area contributed by atoms with Gasteiger partial charge in [-0.05, 0) is 18.8 Å². The highest BCUT2D eigenvalue weighted by Crippen LogP contribution is 2.18. The summed E-state index contributed by atoms with van der Waals surface area (Å²) in [5, 5.41) is 0. The van der Waals surface area contributed by atoms with Crippen LogP contribution in [0.3, 0.4) is 0 Å². The molecule has 2 nitrogen and oxygen atoms in total. The van der Waals surface area contributed by atoms with Crippen LogP contribution in [0, 0.1) is 5.92 Å². The zero-order chi connectivity index (χ0) is 7.56. The maximum Gasteiger partial charge on any atom is 0.0621 e. The summed E-state index contributed by atoms with van der Waals surface area (Å²) < 4.78 is 5.53. The molecule has 0 bridgehead atoms. The van der Waals surface area contributed by atoms with Gasteiger partial charge in [0.2, 0.25) is 0 Å². The van der Waals surface area contributed by atoms with E-state index < -0.39 is 0 Å². The summed E-state index contributed by atoms with van der Waals surface area (Å²) in [6, 6.07) is 0.287. The molecule has 1 aliphatic rings. The SMILES string of the molecule is CC(C)[C@@H]1CC[C@@H](N)CO1. The number of rotatable bonds is 1. The van der Waals surface area contributed by atoms with Gasteiger partial charge in [-0.2, -0.15) is 0 Å². The Morgan fingerprint density at radius 3 is 2.50 bits per heavy atom. The molecule has 2 heteroatoms. The first kappa shape index (κ1) is 8.02. The van der Waals surface area contributed by atoms with Gasteiger partial charge in [0.05, 0.1) is 12.7 Å². The second-order valence-electron chi connectivity index (χ2n) is 3.45. The monoisotopic (exact) mass is 143 g/mol. The first-order valence-electron chi connectivity index (χ1n) is 4.07. The highest BCUT2D eigenvalue weighted by Gasteiger charge is 2.20. The number of hydrogen-bond donors (Lipinski definition) is 1. The van der Waals surface area contributed by atoms with Crippen molar-refractivity contribution in [2.24, 2.45) is 11.7 Å². The largest absolute Gasteiger partial charge is 0.376 e. The van der Waals surface area contributed by atoms with E-state index in [1.807, 2.05) is 0 Å². The quantitative estimate of drug-likeness (QED) is 0.597. The van der Waals surface area contributed by atoms with E-state index in [1.54, 1.807) is 0 Å². The summed E-state index contributed by atoms with van der Waals surface area (Å²) in [6.07, 6.45) is 2.72. The average Bonchev–Trinajstić information content (AvgIpc) is 1.88. The molecule has 0 saturated carbocycles. The molecule has 0 spiro atoms. The van der Waals surface area contributed by atoms with Crippen LogP contribution >= 0.6 is 0 Å². The third kappa shape index (κ3) is 1.96. The first-order chi connectivity index (χ1) is 4.70. The minimum atomic E-state index is 0.287. The summed E-state index contributed by atoms with van der Waals surface area (Å²) >= 11 is 0. The average molecular weight is 143 g/mol. The second kappa shape index (κ2) is 3.35. The van der Waals surface area contributed by atoms with Crippen LogP contribution in [0.15, 0.2) is 0 Å². The van der Waals surface area contributed by atoms with Crippen molar-refractivity contribution in [3.63, 3.8) is 0 Å². The van der Waals surface area contributed by atoms with Crippen molar-refractivity contribution in [3.8, 4) is 0 Å². The lowest BCUT2D eigenvalue weighted by Crippen LogP contribution is -2.37. The smallest absolute Gasteiger partial charge is 0.0621 e. The molecule has 0 radical (unpaired) electrons. The zero-order valence-electron chi connectivity index (χ0n) is 6.84. The fraction of sp³-hybridized carbons (Fsp3) is 1.00. The van der Waals surface area contributed by atoms with Crippen LogP contribution in [-0.4, -0.2) is 18.8 Å². The Balaban J connectivity index is 2.26. The lowest BCUT2D eigenvalue weighted by Gasteiger charge is -2.29. The summed E-state index contributed by atoms with van der Waals surface area (Å²) in [5.74, 6) is 0.646. The van der Waals surface area contributed by atoms with Gasteiger partial charge in [0.25, 0.3) is 0 Å². The van der Waals surface area contributed by atoms with Crippen LogP contribution < -0.4 is 5.73 Å². The lowest BCUT2D eigenvalue weighted by atomic mass is 9.97. The molecule has 1 heterocycles. The van der Waals surface area contributed by atoms with Gasteiger partial charge in [-0.1, -0.05) is 13.8 Å². The standard InChI is InChI=1S/C8H17NO/c1-6(2)8-4-3-7(9)5-10-8/h6-8H,3-5,9H2,1-2H3/t7-,8+/m1/s1. The van der Waals surface area contributed by atoms with E-state index in [1.165, 1.54) is 0 Å². The second-order valence-corrected chi connectivity index (χ2v) is 3.45. The molecular formula is C8H17NO. The fourth-order valence-electron chi connectivity index (χ4n) is 1.32. The van der Waals surface area contributed by atoms with Crippen LogP contribution in [-0.2, 0) is 4.74 Å². The predicted molar refractivity (Wildman–Crippen MR) is 41.8 cm³/mol. The summed E-state index contributed by atoms with van der Waals surface area (Å²) in [6.45, 7) is 5.14. The molecule has 0 amide bonds. The van der Waals surface area contributed by atoms with Gasteiger partial charge in [0, 0.05) is 6.04 Å². The highest BCUT2D eigenvalue weighted by atomic mass is 16.5. The Morgan fingerprint density at radius 1 is 1.40 bits per heavy atom. The third-order valence-corrected chi connectivity index (χ3v) is 2.09. The maximum atomic E-state index is 5.67. The van der Waals surface area contributed by atoms with Gasteiger partial charge in [-0.25, -0.2) is 0 Å². The molecule has 2 atom stereocenters. The molecule has 1 rings (SSSR count). The molecule has 0 aromatic heterocycles. The van der Waals surface area contributed by atoms with E-state index >= 15 is 0 Å². The van der Waals surface area contributed by atoms with E-state index in [4.69, 9.17) is 10.5 Å². The Bertz CT molecular complexity index is 95.4. The Hall–Kier alpha value is -0.0800. The van der Waals surface area contributed by atoms with Gasteiger partial charge >= 0.3 is 0 Å². The molecule has 10 heavy (non-hydrogen) atoms. The molecule has 1 fully saturated rings. The van der Waals surface area contributed by atoms with Crippen molar-refractivity contribution in [1.82, 2.24) is 0 Å². The van der Waals surface area contributed by atoms with Crippen molar-refractivity contribution >= 4 is 0 Å². The van der Waals surface area contributed by atoms with Crippen molar-refractivity contribution in [2.45, 2.75) is 38.8 Å². The van der Waals surface area contributed by atoms with Crippen LogP contribution in [0.1, 0.15) is 26.7 Å². The van der Waals surface area contributed by atoms with Gasteiger partial charge in [0.15, 0.2) is 0 Å². The minimum absolute atomic E-state index is 0.287. The van der Waals surface area contributed by atoms with Crippen molar-refractivity contribution in [3.05, 3.63) is 0 Å². The topological polar surface area (TPSA) is 35.2 Å². The lowest BCUT2D eigenvalue weighted by molar-refractivity contribution is -0.0207. The Labute approximate surface area is 62.7 Å². The van der Waals surface area contributed by atoms with Crippen LogP contribution in [0.25, 0.3) is 0 Å². The van der Waals surface area contributed by atoms with E-state index in [9.17, 15) is 0 Å². The third-order valence-electron chi connectivity index (χ3n) is 2.09. The van der Waals surface area contributed by atoms with Crippen LogP contribution in [0.4, 0.5) is 0 Å². The zero-order valence-corrected chi connectivity index (χ0v) is 6.84. The molecule has 2 N–H and O–H groups in total. The van der Waals surface area contributed by atoms with E-state index in [2.05, 4.69) is 13.8 Å². The van der Waals surface area contributed by atoms with E-state index in [-0.39, 0.29) is 6.04 Å². The number of nitrogens with two attached hydrogens (primary N) is 1. The Kier molecular flexibility index (Phi) is 2.69. The van der Waals surface area contributed by atoms with Gasteiger partial charge in [-0.3, -0.25) is 0 Å². The van der Waals surface area contributed by atoms with Crippen molar-refractivity contribution in [1.29, 1.82) is 0 Å². The predicted octanol–water partition coefficient (Wildman–Crippen LogP) is 1.15. The molecular weight excluding hydrogens is 126 g/mol. The molecule has 1 saturated heterocycles. The maximum absolute atomic E-state index is 5.67. The molecule has 1 aliphatic heterocycles. The van der Waals surface area contributed by atoms with E-state index in [0.717, 1.165) is 19.4 Å². The van der Waals surface area contributed by atoms with Crippen LogP contribution in [0.5, 0.6) is 0 Å². The minimum Gasteiger partial charge on any atom is -0.376 e. The van der Waals surface area contributed by atoms with Gasteiger partial charge < -0.3 is 10.5 Å². The summed E-state index contributed by atoms with van der Waals surface area (Å²) in [7, 11) is 0. The molecule has 60 valence electrons. The number of ether oxygens (including phenoxy) is 1. The highest BCUT2D eigenvalue weighted by molar-refractivity contribution is 4.73. The fourth-order valence-corrected chi connectivity index (χ4v) is 1.32. The molecule has 0 unspecified atom stereocenters. The van der Waals surface area contributed by atoms with Gasteiger partial charge in [0.1, 0.15) is 0 Å². The molecule has 0 aromatic rings. The van der Waals surface area contributed by atoms with Crippen LogP contribution in [0.2, 0.25) is 0 Å². The Morgan fingerprint density at radius 2 is 2.10 bits per heavy atom. The van der Waals surface area contributed by atoms with Crippen molar-refractivity contribution in [2.75, 3.05) is 6.61 Å². The van der Waals surface area contributed by atoms with Gasteiger partial charge in [-0.15, -0.1) is 0 Å². The van der Waals surface area contributed by atoms with E-state index in [0.29, 0.717) is 12.0 Å². The first-order valence-corrected chi connectivity index (χ1v) is 4.07. The molecule has 0 aliphatic carbocycles. The van der Waals surface area contributed by atoms with Crippen molar-refractivity contribution < 1.29 is 4.74 Å². The summed E-state index contributed by atoms with van der Waals surface area (Å²) in [5.41, 5.74) is 5.67. The number of hydrogen-bond acceptors (Lipinski definition) is 2. The summed E-state index contributed by atoms with van der Waals surface area (Å²) in [4.78, 5) is 0. The molecule has 0 aromatic carbocycles.